The average Bonchev–Trinajstić information content (AvgIpc) is 3.01. The summed E-state index contributed by atoms with van der Waals surface area (Å²) in [6, 6.07) is 0. The predicted octanol–water partition coefficient (Wildman–Crippen LogP) is -1.65. The summed E-state index contributed by atoms with van der Waals surface area (Å²) >= 11 is 0. The third kappa shape index (κ3) is 7.66. The number of rotatable bonds is 13. The van der Waals surface area contributed by atoms with Gasteiger partial charge in [-0.1, -0.05) is 0 Å². The van der Waals surface area contributed by atoms with Crippen molar-refractivity contribution in [2.45, 2.75) is 57.7 Å². The van der Waals surface area contributed by atoms with Crippen molar-refractivity contribution in [1.82, 2.24) is 5.32 Å². The Kier molecular flexibility index (Phi) is 10.5. The normalized spacial score (nSPS) is 27.6. The lowest BCUT2D eigenvalue weighted by Gasteiger charge is -2.41. The van der Waals surface area contributed by atoms with Gasteiger partial charge in [-0.2, -0.15) is 0 Å². The second kappa shape index (κ2) is 12.9. The molecule has 2 aliphatic rings. The van der Waals surface area contributed by atoms with E-state index in [-0.39, 0.29) is 68.5 Å². The topological polar surface area (TPSA) is 178 Å². The summed E-state index contributed by atoms with van der Waals surface area (Å²) in [7, 11) is 0. The molecule has 1 fully saturated rings. The molecular formula is C21H31NO11. The highest BCUT2D eigenvalue weighted by Crippen LogP contribution is 2.29. The van der Waals surface area contributed by atoms with E-state index < -0.39 is 49.1 Å². The van der Waals surface area contributed by atoms with Gasteiger partial charge in [0.15, 0.2) is 6.29 Å². The molecule has 0 spiro atoms. The van der Waals surface area contributed by atoms with Crippen LogP contribution in [-0.4, -0.2) is 96.5 Å². The van der Waals surface area contributed by atoms with Crippen LogP contribution in [-0.2, 0) is 38.1 Å². The van der Waals surface area contributed by atoms with Crippen molar-refractivity contribution in [2.75, 3.05) is 33.0 Å². The minimum absolute atomic E-state index is 0.0227. The number of carbonyl (C=O) groups is 4. The van der Waals surface area contributed by atoms with Crippen molar-refractivity contribution in [3.63, 3.8) is 0 Å². The number of amides is 1. The zero-order valence-corrected chi connectivity index (χ0v) is 18.7. The molecule has 0 aromatic heterocycles. The molecule has 0 radical (unpaired) electrons. The number of hydrogen-bond donors (Lipinski definition) is 4. The van der Waals surface area contributed by atoms with Crippen LogP contribution in [0.25, 0.3) is 0 Å². The van der Waals surface area contributed by atoms with Gasteiger partial charge in [-0.15, -0.1) is 0 Å². The molecule has 12 nitrogen and oxygen atoms in total. The summed E-state index contributed by atoms with van der Waals surface area (Å²) in [5, 5.41) is 32.2. The first-order valence-electron chi connectivity index (χ1n) is 10.7. The van der Waals surface area contributed by atoms with E-state index in [2.05, 4.69) is 10.1 Å². The van der Waals surface area contributed by atoms with Crippen molar-refractivity contribution >= 4 is 23.6 Å². The van der Waals surface area contributed by atoms with E-state index in [9.17, 15) is 34.5 Å². The number of ether oxygens (including phenoxy) is 4. The largest absolute Gasteiger partial charge is 0.394 e. The van der Waals surface area contributed by atoms with Gasteiger partial charge in [0.1, 0.15) is 18.0 Å². The maximum atomic E-state index is 11.9. The third-order valence-electron chi connectivity index (χ3n) is 5.40. The first kappa shape index (κ1) is 27.0. The average molecular weight is 473 g/mol. The fraction of sp³-hybridized carbons (Fsp3) is 0.714. The van der Waals surface area contributed by atoms with Crippen LogP contribution in [0.1, 0.15) is 33.1 Å². The number of ketones is 1. The number of carbonyl (C=O) groups excluding carboxylic acids is 4. The molecule has 0 aliphatic carbocycles. The lowest BCUT2D eigenvalue weighted by Crippen LogP contribution is -2.56. The van der Waals surface area contributed by atoms with Crippen molar-refractivity contribution in [3.05, 3.63) is 11.1 Å². The summed E-state index contributed by atoms with van der Waals surface area (Å²) in [5.41, 5.74) is 0.425. The zero-order chi connectivity index (χ0) is 24.5. The third-order valence-corrected chi connectivity index (χ3v) is 5.40. The number of nitrogens with one attached hydrogen (secondary N) is 1. The van der Waals surface area contributed by atoms with Gasteiger partial charge >= 0.3 is 11.9 Å². The van der Waals surface area contributed by atoms with Crippen LogP contribution in [0.3, 0.4) is 0 Å². The van der Waals surface area contributed by atoms with Crippen molar-refractivity contribution < 1.29 is 53.4 Å². The van der Waals surface area contributed by atoms with Gasteiger partial charge in [-0.25, -0.2) is 9.59 Å². The highest BCUT2D eigenvalue weighted by Gasteiger charge is 2.45. The zero-order valence-electron chi connectivity index (χ0n) is 18.7. The molecule has 5 atom stereocenters. The van der Waals surface area contributed by atoms with Crippen LogP contribution in [0.15, 0.2) is 11.1 Å². The van der Waals surface area contributed by atoms with Crippen molar-refractivity contribution in [2.24, 2.45) is 5.92 Å². The van der Waals surface area contributed by atoms with Crippen LogP contribution >= 0.6 is 0 Å². The maximum Gasteiger partial charge on any atom is 0.342 e. The number of aliphatic hydroxyl groups is 3. The maximum absolute atomic E-state index is 11.9. The van der Waals surface area contributed by atoms with Crippen molar-refractivity contribution in [3.8, 4) is 0 Å². The van der Waals surface area contributed by atoms with E-state index >= 15 is 0 Å². The minimum Gasteiger partial charge on any atom is -0.394 e. The molecular weight excluding hydrogens is 442 g/mol. The molecule has 12 heteroatoms. The summed E-state index contributed by atoms with van der Waals surface area (Å²) in [6.07, 6.45) is -4.59. The predicted molar refractivity (Wildman–Crippen MR) is 109 cm³/mol. The number of cyclic esters (lactones) is 2. The SMILES string of the molecule is CC(=O)C[C@H]1C(OCCOCCNC(=O)CCC2=C(C)C(=O)OC2=O)O[C@H](CO)[C@H](O)[C@@H]1O. The molecule has 186 valence electrons. The van der Waals surface area contributed by atoms with E-state index in [0.717, 1.165) is 0 Å². The van der Waals surface area contributed by atoms with Crippen LogP contribution in [0.4, 0.5) is 0 Å². The quantitative estimate of drug-likeness (QED) is 0.137. The Balaban J connectivity index is 1.64. The lowest BCUT2D eigenvalue weighted by molar-refractivity contribution is -0.287. The molecule has 2 aliphatic heterocycles. The van der Waals surface area contributed by atoms with E-state index in [1.807, 2.05) is 0 Å². The Labute approximate surface area is 190 Å². The lowest BCUT2D eigenvalue weighted by atomic mass is 9.87. The molecule has 1 saturated heterocycles. The van der Waals surface area contributed by atoms with Gasteiger partial charge in [0, 0.05) is 36.5 Å². The summed E-state index contributed by atoms with van der Waals surface area (Å²) < 4.78 is 20.9. The van der Waals surface area contributed by atoms with Gasteiger partial charge in [-0.3, -0.25) is 4.79 Å². The highest BCUT2D eigenvalue weighted by molar-refractivity contribution is 6.12. The van der Waals surface area contributed by atoms with E-state index in [1.54, 1.807) is 0 Å². The fourth-order valence-corrected chi connectivity index (χ4v) is 3.55. The van der Waals surface area contributed by atoms with Gasteiger partial charge in [0.05, 0.1) is 32.5 Å². The van der Waals surface area contributed by atoms with E-state index in [4.69, 9.17) is 14.2 Å². The van der Waals surface area contributed by atoms with Crippen LogP contribution in [0.2, 0.25) is 0 Å². The second-order valence-corrected chi connectivity index (χ2v) is 7.89. The van der Waals surface area contributed by atoms with Crippen LogP contribution in [0.5, 0.6) is 0 Å². The molecule has 0 saturated carbocycles. The first-order valence-corrected chi connectivity index (χ1v) is 10.7. The molecule has 1 amide bonds. The number of aliphatic hydroxyl groups excluding tert-OH is 3. The fourth-order valence-electron chi connectivity index (χ4n) is 3.55. The molecule has 33 heavy (non-hydrogen) atoms. The van der Waals surface area contributed by atoms with Crippen molar-refractivity contribution in [1.29, 1.82) is 0 Å². The van der Waals surface area contributed by atoms with Gasteiger partial charge in [0.2, 0.25) is 5.91 Å². The summed E-state index contributed by atoms with van der Waals surface area (Å²) in [5.74, 6) is -2.71. The van der Waals surface area contributed by atoms with E-state index in [0.29, 0.717) is 0 Å². The molecule has 2 rings (SSSR count). The molecule has 0 bridgehead atoms. The number of Topliss-reactive ketones (excluding diaryl/α,β-unsaturated/α-hetero) is 1. The molecule has 0 aromatic rings. The van der Waals surface area contributed by atoms with Gasteiger partial charge in [0.25, 0.3) is 0 Å². The number of hydrogen-bond acceptors (Lipinski definition) is 11. The van der Waals surface area contributed by atoms with E-state index in [1.165, 1.54) is 13.8 Å². The second-order valence-electron chi connectivity index (χ2n) is 7.89. The number of esters is 2. The summed E-state index contributed by atoms with van der Waals surface area (Å²) in [4.78, 5) is 46.1. The Bertz CT molecular complexity index is 765. The molecule has 4 N–H and O–H groups in total. The molecule has 1 unspecified atom stereocenters. The smallest absolute Gasteiger partial charge is 0.342 e. The Hall–Kier alpha value is -2.22. The first-order chi connectivity index (χ1) is 15.6. The standard InChI is InChI=1S/C21H31NO11/c1-11(24)9-14-17(26)18(27)15(10-23)32-21(14)31-8-7-30-6-5-22-16(25)4-3-13-12(2)19(28)33-20(13)29/h14-15,17-18,21,23,26-27H,3-10H2,1-2H3,(H,22,25)/t14-,15-,17-,18+,21?/m1/s1. The summed E-state index contributed by atoms with van der Waals surface area (Å²) in [6.45, 7) is 2.88. The minimum atomic E-state index is -1.33. The highest BCUT2D eigenvalue weighted by atomic mass is 16.7. The molecule has 2 heterocycles. The van der Waals surface area contributed by atoms with Gasteiger partial charge < -0.3 is 44.4 Å². The Morgan fingerprint density at radius 3 is 2.42 bits per heavy atom. The molecule has 0 aromatic carbocycles. The van der Waals surface area contributed by atoms with Gasteiger partial charge in [-0.05, 0) is 20.3 Å². The van der Waals surface area contributed by atoms with Crippen LogP contribution in [0, 0.1) is 5.92 Å². The Morgan fingerprint density at radius 1 is 1.09 bits per heavy atom. The Morgan fingerprint density at radius 2 is 1.82 bits per heavy atom. The van der Waals surface area contributed by atoms with Crippen LogP contribution < -0.4 is 5.32 Å². The monoisotopic (exact) mass is 473 g/mol.